The number of nitrogens with zero attached hydrogens (tertiary/aromatic N) is 1. The Hall–Kier alpha value is -1.96. The molecule has 1 fully saturated rings. The van der Waals surface area contributed by atoms with Gasteiger partial charge in [-0.15, -0.1) is 0 Å². The minimum Gasteiger partial charge on any atom is -0.461 e. The molecule has 0 amide bonds. The van der Waals surface area contributed by atoms with Gasteiger partial charge in [0.05, 0.1) is 0 Å². The van der Waals surface area contributed by atoms with Crippen molar-refractivity contribution in [2.45, 2.75) is 64.3 Å². The van der Waals surface area contributed by atoms with Crippen LogP contribution in [-0.4, -0.2) is 60.2 Å². The van der Waals surface area contributed by atoms with Gasteiger partial charge in [-0.1, -0.05) is 30.3 Å². The van der Waals surface area contributed by atoms with Gasteiger partial charge in [-0.25, -0.2) is 0 Å². The maximum atomic E-state index is 12.9. The normalized spacial score (nSPS) is 21.8. The first-order chi connectivity index (χ1) is 13.6. The minimum atomic E-state index is -0.598. The Morgan fingerprint density at radius 2 is 1.97 bits per heavy atom. The molecular formula is C22H35N3O4. The molecule has 0 aromatic heterocycles. The van der Waals surface area contributed by atoms with Gasteiger partial charge < -0.3 is 20.5 Å². The lowest BCUT2D eigenvalue weighted by atomic mass is 10.0. The Morgan fingerprint density at radius 3 is 2.62 bits per heavy atom. The molecule has 2 atom stereocenters. The molecule has 1 saturated heterocycles. The highest BCUT2D eigenvalue weighted by molar-refractivity contribution is 5.77. The van der Waals surface area contributed by atoms with Crippen molar-refractivity contribution in [3.05, 3.63) is 35.9 Å². The Labute approximate surface area is 173 Å². The zero-order valence-electron chi connectivity index (χ0n) is 18.1. The van der Waals surface area contributed by atoms with Crippen molar-refractivity contribution in [1.29, 1.82) is 0 Å². The van der Waals surface area contributed by atoms with Crippen molar-refractivity contribution < 1.29 is 19.1 Å². The van der Waals surface area contributed by atoms with E-state index in [4.69, 9.17) is 15.2 Å². The van der Waals surface area contributed by atoms with Gasteiger partial charge in [0, 0.05) is 38.1 Å². The third kappa shape index (κ3) is 8.51. The Kier molecular flexibility index (Phi) is 8.19. The highest BCUT2D eigenvalue weighted by atomic mass is 16.6. The van der Waals surface area contributed by atoms with Crippen LogP contribution in [0.3, 0.4) is 0 Å². The summed E-state index contributed by atoms with van der Waals surface area (Å²) in [5.41, 5.74) is 6.22. The summed E-state index contributed by atoms with van der Waals surface area (Å²) in [7, 11) is 0. The molecule has 0 unspecified atom stereocenters. The fraction of sp³-hybridized carbons (Fsp3) is 0.636. The van der Waals surface area contributed by atoms with Crippen molar-refractivity contribution in [3.63, 3.8) is 0 Å². The summed E-state index contributed by atoms with van der Waals surface area (Å²) < 4.78 is 11.0. The van der Waals surface area contributed by atoms with Crippen LogP contribution in [-0.2, 0) is 25.7 Å². The number of ether oxygens (including phenoxy) is 2. The Bertz CT molecular complexity index is 670. The van der Waals surface area contributed by atoms with Crippen molar-refractivity contribution in [2.75, 3.05) is 26.2 Å². The highest BCUT2D eigenvalue weighted by Gasteiger charge is 2.35. The number of rotatable bonds is 7. The highest BCUT2D eigenvalue weighted by Crippen LogP contribution is 2.18. The zero-order valence-corrected chi connectivity index (χ0v) is 18.1. The standard InChI is InChI=1S/C22H35N3O4/c1-21(2,3)29-20(27)18(25-13-12-24-15-22(4,23)16-25)10-11-19(26)28-14-17-8-6-5-7-9-17/h5-9,18,24H,10-16,23H2,1-4H3/t18-,22-/m1/s1. The fourth-order valence-corrected chi connectivity index (χ4v) is 3.35. The smallest absolute Gasteiger partial charge is 0.323 e. The molecule has 0 bridgehead atoms. The summed E-state index contributed by atoms with van der Waals surface area (Å²) in [6.45, 7) is 10.3. The fourth-order valence-electron chi connectivity index (χ4n) is 3.35. The topological polar surface area (TPSA) is 93.9 Å². The molecule has 0 saturated carbocycles. The molecule has 1 aromatic rings. The van der Waals surface area contributed by atoms with Gasteiger partial charge in [0.15, 0.2) is 0 Å². The molecule has 1 aromatic carbocycles. The first-order valence-corrected chi connectivity index (χ1v) is 10.2. The third-order valence-electron chi connectivity index (χ3n) is 4.65. The van der Waals surface area contributed by atoms with E-state index < -0.39 is 17.2 Å². The molecule has 0 aliphatic carbocycles. The second-order valence-corrected chi connectivity index (χ2v) is 9.04. The third-order valence-corrected chi connectivity index (χ3v) is 4.65. The van der Waals surface area contributed by atoms with Crippen molar-refractivity contribution in [3.8, 4) is 0 Å². The van der Waals surface area contributed by atoms with E-state index in [0.717, 1.165) is 12.1 Å². The molecule has 29 heavy (non-hydrogen) atoms. The summed E-state index contributed by atoms with van der Waals surface area (Å²) in [4.78, 5) is 27.2. The van der Waals surface area contributed by atoms with Crippen molar-refractivity contribution in [1.82, 2.24) is 10.2 Å². The molecule has 1 aliphatic heterocycles. The van der Waals surface area contributed by atoms with Crippen LogP contribution in [0.4, 0.5) is 0 Å². The molecule has 0 radical (unpaired) electrons. The van der Waals surface area contributed by atoms with Crippen LogP contribution >= 0.6 is 0 Å². The van der Waals surface area contributed by atoms with E-state index in [-0.39, 0.29) is 25.0 Å². The number of carbonyl (C=O) groups excluding carboxylic acids is 2. The number of hydrogen-bond acceptors (Lipinski definition) is 7. The second kappa shape index (κ2) is 10.2. The molecule has 0 spiro atoms. The average molecular weight is 406 g/mol. The first kappa shape index (κ1) is 23.3. The molecule has 7 heteroatoms. The first-order valence-electron chi connectivity index (χ1n) is 10.2. The van der Waals surface area contributed by atoms with E-state index in [1.165, 1.54) is 0 Å². The predicted molar refractivity (Wildman–Crippen MR) is 112 cm³/mol. The second-order valence-electron chi connectivity index (χ2n) is 9.04. The van der Waals surface area contributed by atoms with Gasteiger partial charge in [-0.05, 0) is 39.7 Å². The van der Waals surface area contributed by atoms with Gasteiger partial charge in [0.1, 0.15) is 18.2 Å². The summed E-state index contributed by atoms with van der Waals surface area (Å²) in [5, 5.41) is 3.30. The number of carbonyl (C=O) groups is 2. The van der Waals surface area contributed by atoms with Crippen molar-refractivity contribution in [2.24, 2.45) is 5.73 Å². The van der Waals surface area contributed by atoms with E-state index in [1.807, 2.05) is 62.9 Å². The minimum absolute atomic E-state index is 0.141. The van der Waals surface area contributed by atoms with E-state index >= 15 is 0 Å². The van der Waals surface area contributed by atoms with Crippen LogP contribution in [0.1, 0.15) is 46.1 Å². The van der Waals surface area contributed by atoms with E-state index in [9.17, 15) is 9.59 Å². The number of nitrogens with two attached hydrogens (primary N) is 1. The van der Waals surface area contributed by atoms with Gasteiger partial charge in [0.2, 0.25) is 0 Å². The summed E-state index contributed by atoms with van der Waals surface area (Å²) in [6, 6.07) is 8.99. The SMILES string of the molecule is CC(C)(C)OC(=O)[C@@H](CCC(=O)OCc1ccccc1)N1CCNC[C@@](C)(N)C1. The van der Waals surface area contributed by atoms with Crippen LogP contribution in [0, 0.1) is 0 Å². The summed E-state index contributed by atoms with van der Waals surface area (Å²) in [6.07, 6.45) is 0.473. The van der Waals surface area contributed by atoms with Crippen LogP contribution in [0.15, 0.2) is 30.3 Å². The molecule has 162 valence electrons. The van der Waals surface area contributed by atoms with Crippen LogP contribution < -0.4 is 11.1 Å². The number of benzene rings is 1. The number of hydrogen-bond donors (Lipinski definition) is 2. The van der Waals surface area contributed by atoms with Crippen molar-refractivity contribution >= 4 is 11.9 Å². The summed E-state index contributed by atoms with van der Waals surface area (Å²) in [5.74, 6) is -0.656. The lowest BCUT2D eigenvalue weighted by Gasteiger charge is -2.35. The van der Waals surface area contributed by atoms with E-state index in [0.29, 0.717) is 26.1 Å². The van der Waals surface area contributed by atoms with Crippen LogP contribution in [0.2, 0.25) is 0 Å². The molecule has 1 aliphatic rings. The van der Waals surface area contributed by atoms with Gasteiger partial charge >= 0.3 is 11.9 Å². The molecule has 1 heterocycles. The van der Waals surface area contributed by atoms with Gasteiger partial charge in [-0.2, -0.15) is 0 Å². The Balaban J connectivity index is 2.00. The maximum absolute atomic E-state index is 12.9. The molecule has 3 N–H and O–H groups in total. The zero-order chi connectivity index (χ0) is 21.5. The largest absolute Gasteiger partial charge is 0.461 e. The van der Waals surface area contributed by atoms with E-state index in [2.05, 4.69) is 5.32 Å². The average Bonchev–Trinajstić information content (AvgIpc) is 2.80. The summed E-state index contributed by atoms with van der Waals surface area (Å²) >= 11 is 0. The van der Waals surface area contributed by atoms with Crippen LogP contribution in [0.5, 0.6) is 0 Å². The quantitative estimate of drug-likeness (QED) is 0.669. The molecular weight excluding hydrogens is 370 g/mol. The van der Waals surface area contributed by atoms with Gasteiger partial charge in [-0.3, -0.25) is 14.5 Å². The lowest BCUT2D eigenvalue weighted by Crippen LogP contribution is -2.55. The molecule has 7 nitrogen and oxygen atoms in total. The van der Waals surface area contributed by atoms with Gasteiger partial charge in [0.25, 0.3) is 0 Å². The monoisotopic (exact) mass is 405 g/mol. The van der Waals surface area contributed by atoms with E-state index in [1.54, 1.807) is 0 Å². The van der Waals surface area contributed by atoms with Crippen LogP contribution in [0.25, 0.3) is 0 Å². The number of nitrogens with one attached hydrogen (secondary N) is 1. The lowest BCUT2D eigenvalue weighted by molar-refractivity contribution is -0.162. The number of esters is 2. The Morgan fingerprint density at radius 1 is 1.28 bits per heavy atom. The molecule has 2 rings (SSSR count). The predicted octanol–water partition coefficient (Wildman–Crippen LogP) is 1.84. The maximum Gasteiger partial charge on any atom is 0.323 e.